The molecular formula is C17H27ClN4O2. The third kappa shape index (κ3) is 6.11. The van der Waals surface area contributed by atoms with Gasteiger partial charge in [-0.25, -0.2) is 0 Å². The molecule has 2 N–H and O–H groups in total. The molecule has 6 nitrogen and oxygen atoms in total. The second-order valence-electron chi connectivity index (χ2n) is 6.17. The van der Waals surface area contributed by atoms with Crippen LogP contribution >= 0.6 is 12.4 Å². The van der Waals surface area contributed by atoms with Crippen molar-refractivity contribution in [3.05, 3.63) is 29.3 Å². The fourth-order valence-electron chi connectivity index (χ4n) is 2.69. The largest absolute Gasteiger partial charge is 0.339 e. The van der Waals surface area contributed by atoms with Gasteiger partial charge < -0.3 is 15.5 Å². The Morgan fingerprint density at radius 1 is 1.21 bits per heavy atom. The molecule has 2 rings (SSSR count). The Bertz CT molecular complexity index is 574. The maximum atomic E-state index is 12.2. The van der Waals surface area contributed by atoms with Crippen molar-refractivity contribution in [3.8, 4) is 0 Å². The van der Waals surface area contributed by atoms with Crippen molar-refractivity contribution >= 4 is 29.9 Å². The van der Waals surface area contributed by atoms with Gasteiger partial charge >= 0.3 is 0 Å². The summed E-state index contributed by atoms with van der Waals surface area (Å²) in [5.41, 5.74) is 3.03. The van der Waals surface area contributed by atoms with Gasteiger partial charge in [0.15, 0.2) is 0 Å². The van der Waals surface area contributed by atoms with Gasteiger partial charge in [-0.05, 0) is 32.5 Å². The van der Waals surface area contributed by atoms with E-state index in [0.717, 1.165) is 37.4 Å². The van der Waals surface area contributed by atoms with Crippen LogP contribution in [-0.2, 0) is 9.59 Å². The lowest BCUT2D eigenvalue weighted by Gasteiger charge is -2.29. The number of aryl methyl sites for hydroxylation is 2. The first-order valence-corrected chi connectivity index (χ1v) is 8.00. The van der Waals surface area contributed by atoms with Crippen LogP contribution in [0.2, 0.25) is 0 Å². The molecule has 1 saturated heterocycles. The summed E-state index contributed by atoms with van der Waals surface area (Å²) in [7, 11) is 1.79. The Balaban J connectivity index is 0.00000288. The third-order valence-corrected chi connectivity index (χ3v) is 3.94. The lowest BCUT2D eigenvalue weighted by atomic mass is 10.1. The van der Waals surface area contributed by atoms with Gasteiger partial charge in [-0.1, -0.05) is 17.7 Å². The molecule has 2 amide bonds. The lowest BCUT2D eigenvalue weighted by molar-refractivity contribution is -0.133. The van der Waals surface area contributed by atoms with Gasteiger partial charge in [0.1, 0.15) is 0 Å². The van der Waals surface area contributed by atoms with Gasteiger partial charge in [0, 0.05) is 31.9 Å². The number of carbonyl (C=O) groups excluding carboxylic acids is 2. The molecule has 1 aliphatic heterocycles. The lowest BCUT2D eigenvalue weighted by Crippen LogP contribution is -2.49. The maximum Gasteiger partial charge on any atom is 0.238 e. The monoisotopic (exact) mass is 354 g/mol. The van der Waals surface area contributed by atoms with Crippen molar-refractivity contribution < 1.29 is 9.59 Å². The van der Waals surface area contributed by atoms with Gasteiger partial charge in [0.05, 0.1) is 13.1 Å². The summed E-state index contributed by atoms with van der Waals surface area (Å²) >= 11 is 0. The topological polar surface area (TPSA) is 64.7 Å². The van der Waals surface area contributed by atoms with Crippen molar-refractivity contribution in [2.75, 3.05) is 51.6 Å². The summed E-state index contributed by atoms with van der Waals surface area (Å²) in [6, 6.07) is 5.92. The predicted octanol–water partition coefficient (Wildman–Crippen LogP) is 1.03. The van der Waals surface area contributed by atoms with Crippen LogP contribution in [0, 0.1) is 13.8 Å². The Hall–Kier alpha value is -1.63. The summed E-state index contributed by atoms with van der Waals surface area (Å²) in [6.45, 7) is 7.61. The SMILES string of the molecule is Cc1ccc(NC(=O)CN(C)CC(=O)N2CCNCC2)c(C)c1.Cl. The highest BCUT2D eigenvalue weighted by atomic mass is 35.5. The molecule has 1 aliphatic rings. The van der Waals surface area contributed by atoms with Gasteiger partial charge in [-0.3, -0.25) is 14.5 Å². The summed E-state index contributed by atoms with van der Waals surface area (Å²) in [4.78, 5) is 27.9. The van der Waals surface area contributed by atoms with Crippen molar-refractivity contribution in [2.24, 2.45) is 0 Å². The molecule has 0 spiro atoms. The van der Waals surface area contributed by atoms with E-state index in [9.17, 15) is 9.59 Å². The number of anilines is 1. The van der Waals surface area contributed by atoms with E-state index in [4.69, 9.17) is 0 Å². The molecule has 0 unspecified atom stereocenters. The molecule has 0 bridgehead atoms. The molecule has 7 heteroatoms. The Labute approximate surface area is 150 Å². The van der Waals surface area contributed by atoms with E-state index in [2.05, 4.69) is 10.6 Å². The van der Waals surface area contributed by atoms with Crippen LogP contribution in [0.1, 0.15) is 11.1 Å². The summed E-state index contributed by atoms with van der Waals surface area (Å²) in [5, 5.41) is 6.13. The van der Waals surface area contributed by atoms with Crippen LogP contribution in [0.15, 0.2) is 18.2 Å². The molecule has 0 aliphatic carbocycles. The molecular weight excluding hydrogens is 328 g/mol. The molecule has 0 atom stereocenters. The quantitative estimate of drug-likeness (QED) is 0.829. The Kier molecular flexibility index (Phi) is 8.18. The van der Waals surface area contributed by atoms with E-state index in [0.29, 0.717) is 0 Å². The first kappa shape index (κ1) is 20.4. The fraction of sp³-hybridized carbons (Fsp3) is 0.529. The molecule has 1 fully saturated rings. The van der Waals surface area contributed by atoms with Gasteiger partial charge in [0.2, 0.25) is 11.8 Å². The second-order valence-corrected chi connectivity index (χ2v) is 6.17. The molecule has 0 aromatic heterocycles. The zero-order valence-electron chi connectivity index (χ0n) is 14.6. The number of rotatable bonds is 5. The molecule has 1 heterocycles. The van der Waals surface area contributed by atoms with Crippen LogP contribution in [0.4, 0.5) is 5.69 Å². The van der Waals surface area contributed by atoms with E-state index >= 15 is 0 Å². The number of halogens is 1. The van der Waals surface area contributed by atoms with Crippen molar-refractivity contribution in [3.63, 3.8) is 0 Å². The second kappa shape index (κ2) is 9.61. The normalized spacial score (nSPS) is 14.2. The van der Waals surface area contributed by atoms with Crippen LogP contribution in [-0.4, -0.2) is 67.9 Å². The number of hydrogen-bond acceptors (Lipinski definition) is 4. The molecule has 1 aromatic rings. The number of nitrogens with zero attached hydrogens (tertiary/aromatic N) is 2. The highest BCUT2D eigenvalue weighted by Crippen LogP contribution is 2.15. The van der Waals surface area contributed by atoms with Gasteiger partial charge in [-0.2, -0.15) is 0 Å². The molecule has 0 saturated carbocycles. The minimum atomic E-state index is -0.104. The number of carbonyl (C=O) groups is 2. The van der Waals surface area contributed by atoms with E-state index < -0.39 is 0 Å². The van der Waals surface area contributed by atoms with E-state index in [1.165, 1.54) is 5.56 Å². The van der Waals surface area contributed by atoms with Crippen LogP contribution in [0.25, 0.3) is 0 Å². The van der Waals surface area contributed by atoms with E-state index in [-0.39, 0.29) is 37.3 Å². The molecule has 1 aromatic carbocycles. The Morgan fingerprint density at radius 3 is 2.50 bits per heavy atom. The molecule has 134 valence electrons. The fourth-order valence-corrected chi connectivity index (χ4v) is 2.69. The summed E-state index contributed by atoms with van der Waals surface area (Å²) in [5.74, 6) is -0.0270. The van der Waals surface area contributed by atoms with Crippen LogP contribution < -0.4 is 10.6 Å². The maximum absolute atomic E-state index is 12.2. The number of benzene rings is 1. The number of hydrogen-bond donors (Lipinski definition) is 2. The zero-order valence-corrected chi connectivity index (χ0v) is 15.4. The van der Waals surface area contributed by atoms with Crippen LogP contribution in [0.3, 0.4) is 0 Å². The first-order valence-electron chi connectivity index (χ1n) is 8.00. The number of nitrogens with one attached hydrogen (secondary N) is 2. The summed E-state index contributed by atoms with van der Waals surface area (Å²) in [6.07, 6.45) is 0. The minimum absolute atomic E-state index is 0. The first-order chi connectivity index (χ1) is 11.0. The zero-order chi connectivity index (χ0) is 16.8. The van der Waals surface area contributed by atoms with Gasteiger partial charge in [-0.15, -0.1) is 12.4 Å². The molecule has 0 radical (unpaired) electrons. The number of piperazine rings is 1. The minimum Gasteiger partial charge on any atom is -0.339 e. The van der Waals surface area contributed by atoms with Crippen molar-refractivity contribution in [2.45, 2.75) is 13.8 Å². The molecule has 24 heavy (non-hydrogen) atoms. The highest BCUT2D eigenvalue weighted by Gasteiger charge is 2.18. The van der Waals surface area contributed by atoms with Crippen LogP contribution in [0.5, 0.6) is 0 Å². The third-order valence-electron chi connectivity index (χ3n) is 3.94. The van der Waals surface area contributed by atoms with Gasteiger partial charge in [0.25, 0.3) is 0 Å². The van der Waals surface area contributed by atoms with Crippen molar-refractivity contribution in [1.82, 2.24) is 15.1 Å². The van der Waals surface area contributed by atoms with E-state index in [1.807, 2.05) is 36.9 Å². The average molecular weight is 355 g/mol. The smallest absolute Gasteiger partial charge is 0.238 e. The van der Waals surface area contributed by atoms with E-state index in [1.54, 1.807) is 11.9 Å². The highest BCUT2D eigenvalue weighted by molar-refractivity contribution is 5.93. The standard InChI is InChI=1S/C17H26N4O2.ClH/c1-13-4-5-15(14(2)10-13)19-16(22)11-20(3)12-17(23)21-8-6-18-7-9-21;/h4-5,10,18H,6-9,11-12H2,1-3H3,(H,19,22);1H. The number of likely N-dealkylation sites (N-methyl/N-ethyl adjacent to an activating group) is 1. The Morgan fingerprint density at radius 2 is 1.88 bits per heavy atom. The number of amides is 2. The average Bonchev–Trinajstić information content (AvgIpc) is 2.50. The van der Waals surface area contributed by atoms with Crippen molar-refractivity contribution in [1.29, 1.82) is 0 Å². The predicted molar refractivity (Wildman–Crippen MR) is 98.7 cm³/mol. The summed E-state index contributed by atoms with van der Waals surface area (Å²) < 4.78 is 0.